The van der Waals surface area contributed by atoms with Gasteiger partial charge in [-0.3, -0.25) is 25.7 Å². The first kappa shape index (κ1) is 16.6. The van der Waals surface area contributed by atoms with E-state index in [0.29, 0.717) is 5.92 Å². The van der Waals surface area contributed by atoms with Gasteiger partial charge in [0, 0.05) is 17.7 Å². The highest BCUT2D eigenvalue weighted by molar-refractivity contribution is 5.88. The summed E-state index contributed by atoms with van der Waals surface area (Å²) in [5.74, 6) is 0.297. The summed E-state index contributed by atoms with van der Waals surface area (Å²) in [5, 5.41) is 26.1. The maximum absolute atomic E-state index is 11.1. The van der Waals surface area contributed by atoms with Crippen molar-refractivity contribution in [3.8, 4) is 0 Å². The monoisotopic (exact) mass is 318 g/mol. The van der Waals surface area contributed by atoms with Crippen LogP contribution in [0.1, 0.15) is 32.1 Å². The van der Waals surface area contributed by atoms with Gasteiger partial charge in [-0.15, -0.1) is 6.58 Å². The van der Waals surface area contributed by atoms with E-state index in [1.807, 2.05) is 6.08 Å². The largest absolute Gasteiger partial charge is 0.301 e. The molecule has 2 rings (SSSR count). The lowest BCUT2D eigenvalue weighted by molar-refractivity contribution is -0.393. The smallest absolute Gasteiger partial charge is 0.272 e. The zero-order chi connectivity index (χ0) is 16.8. The standard InChI is InChI=1S/C15H18N4O4/c1-2-5-11-6-3-4-7-13(11)16-17-14-9-8-12(18(20)21)10-15(14)19(22)23/h2,8-11,17H,1,3-7H2/b16-13+. The van der Waals surface area contributed by atoms with Crippen molar-refractivity contribution in [3.63, 3.8) is 0 Å². The number of allylic oxidation sites excluding steroid dienone is 1. The van der Waals surface area contributed by atoms with Crippen molar-refractivity contribution in [2.75, 3.05) is 5.43 Å². The number of nitrogens with zero attached hydrogens (tertiary/aromatic N) is 3. The second-order valence-electron chi connectivity index (χ2n) is 5.40. The normalized spacial score (nSPS) is 19.3. The lowest BCUT2D eigenvalue weighted by atomic mass is 9.85. The van der Waals surface area contributed by atoms with Crippen molar-refractivity contribution in [3.05, 3.63) is 51.1 Å². The van der Waals surface area contributed by atoms with Gasteiger partial charge >= 0.3 is 5.69 Å². The number of benzene rings is 1. The van der Waals surface area contributed by atoms with Gasteiger partial charge < -0.3 is 0 Å². The van der Waals surface area contributed by atoms with E-state index in [2.05, 4.69) is 17.1 Å². The van der Waals surface area contributed by atoms with Gasteiger partial charge in [-0.05, 0) is 31.7 Å². The van der Waals surface area contributed by atoms with E-state index in [9.17, 15) is 20.2 Å². The minimum atomic E-state index is -0.663. The van der Waals surface area contributed by atoms with E-state index in [4.69, 9.17) is 0 Å². The molecule has 1 atom stereocenters. The summed E-state index contributed by atoms with van der Waals surface area (Å²) in [7, 11) is 0. The van der Waals surface area contributed by atoms with E-state index in [1.165, 1.54) is 12.1 Å². The lowest BCUT2D eigenvalue weighted by Gasteiger charge is -2.22. The van der Waals surface area contributed by atoms with Gasteiger partial charge in [0.05, 0.1) is 15.9 Å². The van der Waals surface area contributed by atoms with Crippen LogP contribution in [0.4, 0.5) is 17.1 Å². The molecule has 0 heterocycles. The average Bonchev–Trinajstić information content (AvgIpc) is 2.54. The second kappa shape index (κ2) is 7.48. The Morgan fingerprint density at radius 3 is 2.74 bits per heavy atom. The number of rotatable bonds is 6. The third kappa shape index (κ3) is 4.12. The highest BCUT2D eigenvalue weighted by atomic mass is 16.6. The third-order valence-corrected chi connectivity index (χ3v) is 3.87. The van der Waals surface area contributed by atoms with Gasteiger partial charge in [0.25, 0.3) is 5.69 Å². The number of hydrazone groups is 1. The van der Waals surface area contributed by atoms with E-state index < -0.39 is 9.85 Å². The van der Waals surface area contributed by atoms with Crippen LogP contribution in [0.2, 0.25) is 0 Å². The Kier molecular flexibility index (Phi) is 5.40. The number of hydrogen-bond acceptors (Lipinski definition) is 6. The fraction of sp³-hybridized carbons (Fsp3) is 0.400. The van der Waals surface area contributed by atoms with E-state index >= 15 is 0 Å². The quantitative estimate of drug-likeness (QED) is 0.483. The molecule has 1 unspecified atom stereocenters. The Morgan fingerprint density at radius 1 is 1.30 bits per heavy atom. The van der Waals surface area contributed by atoms with Crippen LogP contribution >= 0.6 is 0 Å². The molecule has 1 saturated carbocycles. The van der Waals surface area contributed by atoms with Crippen LogP contribution in [0, 0.1) is 26.1 Å². The van der Waals surface area contributed by atoms with Crippen LogP contribution in [0.5, 0.6) is 0 Å². The summed E-state index contributed by atoms with van der Waals surface area (Å²) in [5.41, 5.74) is 3.14. The Bertz CT molecular complexity index is 657. The molecule has 1 fully saturated rings. The Hall–Kier alpha value is -2.77. The summed E-state index contributed by atoms with van der Waals surface area (Å²) in [4.78, 5) is 20.5. The third-order valence-electron chi connectivity index (χ3n) is 3.87. The molecule has 1 aliphatic carbocycles. The van der Waals surface area contributed by atoms with Crippen LogP contribution in [0.3, 0.4) is 0 Å². The van der Waals surface area contributed by atoms with Crippen molar-refractivity contribution in [2.45, 2.75) is 32.1 Å². The molecule has 0 aromatic heterocycles. The van der Waals surface area contributed by atoms with E-state index in [1.54, 1.807) is 0 Å². The molecule has 0 spiro atoms. The van der Waals surface area contributed by atoms with Crippen LogP contribution < -0.4 is 5.43 Å². The van der Waals surface area contributed by atoms with Gasteiger partial charge in [0.15, 0.2) is 0 Å². The first-order valence-electron chi connectivity index (χ1n) is 7.39. The van der Waals surface area contributed by atoms with Crippen molar-refractivity contribution < 1.29 is 9.85 Å². The Morgan fingerprint density at radius 2 is 2.09 bits per heavy atom. The molecule has 8 heteroatoms. The van der Waals surface area contributed by atoms with E-state index in [-0.39, 0.29) is 17.1 Å². The van der Waals surface area contributed by atoms with Crippen LogP contribution in [-0.4, -0.2) is 15.6 Å². The zero-order valence-electron chi connectivity index (χ0n) is 12.6. The van der Waals surface area contributed by atoms with Crippen LogP contribution in [-0.2, 0) is 0 Å². The van der Waals surface area contributed by atoms with Gasteiger partial charge in [0.1, 0.15) is 5.69 Å². The molecule has 0 saturated heterocycles. The number of non-ortho nitro benzene ring substituents is 1. The van der Waals surface area contributed by atoms with Crippen LogP contribution in [0.25, 0.3) is 0 Å². The van der Waals surface area contributed by atoms with Gasteiger partial charge in [-0.1, -0.05) is 12.5 Å². The fourth-order valence-electron chi connectivity index (χ4n) is 2.68. The number of anilines is 1. The highest BCUT2D eigenvalue weighted by Gasteiger charge is 2.22. The molecule has 0 bridgehead atoms. The molecule has 0 amide bonds. The number of hydrogen-bond donors (Lipinski definition) is 1. The van der Waals surface area contributed by atoms with Crippen molar-refractivity contribution in [1.82, 2.24) is 0 Å². The van der Waals surface area contributed by atoms with Crippen molar-refractivity contribution >= 4 is 22.8 Å². The minimum absolute atomic E-state index is 0.149. The van der Waals surface area contributed by atoms with E-state index in [0.717, 1.165) is 43.9 Å². The van der Waals surface area contributed by atoms with Crippen molar-refractivity contribution in [1.29, 1.82) is 0 Å². The molecule has 1 N–H and O–H groups in total. The molecule has 23 heavy (non-hydrogen) atoms. The second-order valence-corrected chi connectivity index (χ2v) is 5.40. The Labute approximate surface area is 133 Å². The predicted octanol–water partition coefficient (Wildman–Crippen LogP) is 4.04. The SMILES string of the molecule is C=CCC1CCCC/C1=N\Nc1ccc([N+](=O)[O-])cc1[N+](=O)[O-]. The summed E-state index contributed by atoms with van der Waals surface area (Å²) in [6, 6.07) is 3.47. The first-order valence-corrected chi connectivity index (χ1v) is 7.39. The molecule has 1 aromatic rings. The van der Waals surface area contributed by atoms with Crippen LogP contribution in [0.15, 0.2) is 36.0 Å². The fourth-order valence-corrected chi connectivity index (χ4v) is 2.68. The predicted molar refractivity (Wildman–Crippen MR) is 87.6 cm³/mol. The number of nitrogens with one attached hydrogen (secondary N) is 1. The van der Waals surface area contributed by atoms with Gasteiger partial charge in [0.2, 0.25) is 0 Å². The summed E-state index contributed by atoms with van der Waals surface area (Å²) >= 11 is 0. The molecule has 8 nitrogen and oxygen atoms in total. The first-order chi connectivity index (χ1) is 11.0. The molecule has 122 valence electrons. The zero-order valence-corrected chi connectivity index (χ0v) is 12.6. The molecule has 1 aromatic carbocycles. The van der Waals surface area contributed by atoms with Crippen molar-refractivity contribution in [2.24, 2.45) is 11.0 Å². The Balaban J connectivity index is 2.24. The molecular formula is C15H18N4O4. The highest BCUT2D eigenvalue weighted by Crippen LogP contribution is 2.30. The van der Waals surface area contributed by atoms with Gasteiger partial charge in [-0.2, -0.15) is 5.10 Å². The summed E-state index contributed by atoms with van der Waals surface area (Å²) < 4.78 is 0. The molecular weight excluding hydrogens is 300 g/mol. The summed E-state index contributed by atoms with van der Waals surface area (Å²) in [6.45, 7) is 3.74. The average molecular weight is 318 g/mol. The summed E-state index contributed by atoms with van der Waals surface area (Å²) in [6.07, 6.45) is 6.70. The van der Waals surface area contributed by atoms with Gasteiger partial charge in [-0.25, -0.2) is 0 Å². The maximum atomic E-state index is 11.1. The molecule has 1 aliphatic rings. The topological polar surface area (TPSA) is 111 Å². The minimum Gasteiger partial charge on any atom is -0.272 e. The molecule has 0 aliphatic heterocycles. The maximum Gasteiger partial charge on any atom is 0.301 e. The number of nitro groups is 2. The lowest BCUT2D eigenvalue weighted by Crippen LogP contribution is -2.20. The number of nitro benzene ring substituents is 2. The molecule has 0 radical (unpaired) electrons.